The summed E-state index contributed by atoms with van der Waals surface area (Å²) in [5.74, 6) is 0. The van der Waals surface area contributed by atoms with E-state index < -0.39 is 0 Å². The van der Waals surface area contributed by atoms with E-state index in [-0.39, 0.29) is 39.2 Å². The van der Waals surface area contributed by atoms with Crippen LogP contribution in [0.25, 0.3) is 82.5 Å². The van der Waals surface area contributed by atoms with E-state index in [1.54, 1.807) is 0 Å². The highest BCUT2D eigenvalue weighted by molar-refractivity contribution is 6.95. The van der Waals surface area contributed by atoms with Crippen molar-refractivity contribution in [1.29, 1.82) is 0 Å². The molecule has 9 aromatic carbocycles. The van der Waals surface area contributed by atoms with Crippen LogP contribution >= 0.6 is 0 Å². The number of fused-ring (bicyclic) bond motifs is 9. The lowest BCUT2D eigenvalue weighted by atomic mass is 9.37. The Balaban J connectivity index is 1.01. The third-order valence-electron chi connectivity index (χ3n) is 17.9. The second-order valence-corrected chi connectivity index (χ2v) is 30.1. The van der Waals surface area contributed by atoms with Crippen molar-refractivity contribution < 1.29 is 0 Å². The Hall–Kier alpha value is -7.56. The minimum absolute atomic E-state index is 0.0306. The van der Waals surface area contributed by atoms with Gasteiger partial charge in [-0.1, -0.05) is 214 Å². The van der Waals surface area contributed by atoms with Crippen LogP contribution in [0.2, 0.25) is 0 Å². The van der Waals surface area contributed by atoms with Crippen LogP contribution in [0.4, 0.5) is 0 Å². The summed E-state index contributed by atoms with van der Waals surface area (Å²) >= 11 is 0. The SMILES string of the molecule is CC(C)(C)c1ccc2c(c1)c1cc(C(C)(C)C)ccc1n2-c1ccc(B(c2ccc(-n3c4ccc(C(C)(C)C)cc4c4cc(C(C)(C)C)ccc43)cc2)c2ccc(-n3c4ccc(C(C)(C)C)cc4c4cc(C(C)(C)C)ccc43)cc2)cc1. The van der Waals surface area contributed by atoms with Crippen molar-refractivity contribution in [1.82, 2.24) is 13.7 Å². The average molecular weight is 1070 g/mol. The maximum atomic E-state index is 2.48. The van der Waals surface area contributed by atoms with E-state index >= 15 is 0 Å². The maximum absolute atomic E-state index is 2.48. The highest BCUT2D eigenvalue weighted by atomic mass is 15.0. The molecule has 0 saturated carbocycles. The fourth-order valence-corrected chi connectivity index (χ4v) is 12.7. The van der Waals surface area contributed by atoms with Crippen LogP contribution in [0.3, 0.4) is 0 Å². The molecule has 0 aliphatic rings. The smallest absolute Gasteiger partial charge is 0.241 e. The fourth-order valence-electron chi connectivity index (χ4n) is 12.7. The van der Waals surface area contributed by atoms with Gasteiger partial charge in [-0.25, -0.2) is 0 Å². The lowest BCUT2D eigenvalue weighted by molar-refractivity contribution is 0.590. The van der Waals surface area contributed by atoms with Gasteiger partial charge in [0.2, 0.25) is 6.71 Å². The summed E-state index contributed by atoms with van der Waals surface area (Å²) in [5.41, 5.74) is 22.9. The zero-order chi connectivity index (χ0) is 58.4. The first-order valence-corrected chi connectivity index (χ1v) is 30.0. The number of nitrogens with zero attached hydrogens (tertiary/aromatic N) is 3. The van der Waals surface area contributed by atoms with Crippen molar-refractivity contribution in [3.63, 3.8) is 0 Å². The molecule has 0 saturated heterocycles. The van der Waals surface area contributed by atoms with E-state index in [2.05, 4.69) is 320 Å². The van der Waals surface area contributed by atoms with Gasteiger partial charge in [0.1, 0.15) is 0 Å². The molecular weight excluding hydrogens is 990 g/mol. The monoisotopic (exact) mass is 1070 g/mol. The standard InChI is InChI=1S/C78H84BN3/c1-73(2,3)49-19-37-67-61(43-49)62-44-50(74(4,5)6)20-38-68(62)80(67)58-31-25-55(26-32-58)79(56-27-33-59(34-28-56)81-69-39-21-51(75(7,8)9)45-63(69)64-46-52(76(10,11)12)22-40-70(64)81)57-29-35-60(36-30-57)82-71-41-23-53(77(13,14)15)47-65(71)66-48-54(78(16,17)18)24-42-72(66)82/h19-48H,1-18H3. The molecule has 12 rings (SSSR count). The highest BCUT2D eigenvalue weighted by Crippen LogP contribution is 2.41. The van der Waals surface area contributed by atoms with Crippen LogP contribution in [0.1, 0.15) is 158 Å². The predicted octanol–water partition coefficient (Wildman–Crippen LogP) is 19.3. The zero-order valence-corrected chi connectivity index (χ0v) is 52.2. The molecule has 0 unspecified atom stereocenters. The summed E-state index contributed by atoms with van der Waals surface area (Å²) in [5, 5.41) is 7.81. The first-order chi connectivity index (χ1) is 38.4. The van der Waals surface area contributed by atoms with Crippen molar-refractivity contribution in [3.05, 3.63) is 215 Å². The molecule has 0 radical (unpaired) electrons. The average Bonchev–Trinajstić information content (AvgIpc) is 2.24. The molecule has 0 N–H and O–H groups in total. The molecule has 0 bridgehead atoms. The quantitative estimate of drug-likeness (QED) is 0.147. The maximum Gasteiger partial charge on any atom is 0.241 e. The first kappa shape index (κ1) is 55.0. The van der Waals surface area contributed by atoms with Gasteiger partial charge in [0.05, 0.1) is 33.1 Å². The van der Waals surface area contributed by atoms with Gasteiger partial charge in [0.25, 0.3) is 0 Å². The highest BCUT2D eigenvalue weighted by Gasteiger charge is 2.28. The van der Waals surface area contributed by atoms with E-state index in [1.807, 2.05) is 0 Å². The number of aromatic nitrogens is 3. The second kappa shape index (κ2) is 19.0. The summed E-state index contributed by atoms with van der Waals surface area (Å²) < 4.78 is 7.44. The van der Waals surface area contributed by atoms with Crippen LogP contribution < -0.4 is 16.4 Å². The minimum Gasteiger partial charge on any atom is -0.309 e. The fraction of sp³-hybridized carbons (Fsp3) is 0.308. The van der Waals surface area contributed by atoms with Crippen molar-refractivity contribution in [3.8, 4) is 17.1 Å². The molecule has 12 aromatic rings. The Bertz CT molecular complexity index is 3780. The number of rotatable bonds is 6. The summed E-state index contributed by atoms with van der Waals surface area (Å²) in [4.78, 5) is 0. The van der Waals surface area contributed by atoms with Gasteiger partial charge >= 0.3 is 0 Å². The van der Waals surface area contributed by atoms with Crippen LogP contribution in [0.5, 0.6) is 0 Å². The van der Waals surface area contributed by atoms with Crippen LogP contribution in [0.15, 0.2) is 182 Å². The van der Waals surface area contributed by atoms with Crippen LogP contribution in [-0.2, 0) is 32.5 Å². The molecule has 3 aromatic heterocycles. The Kier molecular flexibility index (Phi) is 12.7. The molecule has 0 atom stereocenters. The number of hydrogen-bond acceptors (Lipinski definition) is 0. The van der Waals surface area contributed by atoms with Crippen molar-refractivity contribution >= 4 is 88.5 Å². The molecule has 0 amide bonds. The number of benzene rings is 9. The molecule has 0 aliphatic heterocycles. The summed E-state index contributed by atoms with van der Waals surface area (Å²) in [6.45, 7) is 41.6. The third-order valence-corrected chi connectivity index (χ3v) is 17.9. The minimum atomic E-state index is -0.0392. The molecular formula is C78H84BN3. The summed E-state index contributed by atoms with van der Waals surface area (Å²) in [6.07, 6.45) is 0. The topological polar surface area (TPSA) is 14.8 Å². The van der Waals surface area contributed by atoms with Gasteiger partial charge in [-0.15, -0.1) is 0 Å². The second-order valence-electron chi connectivity index (χ2n) is 30.1. The zero-order valence-electron chi connectivity index (χ0n) is 52.2. The lowest BCUT2D eigenvalue weighted by Gasteiger charge is -2.20. The van der Waals surface area contributed by atoms with E-state index in [1.165, 1.54) is 115 Å². The molecule has 0 aliphatic carbocycles. The third kappa shape index (κ3) is 9.58. The van der Waals surface area contributed by atoms with E-state index in [0.717, 1.165) is 17.1 Å². The van der Waals surface area contributed by atoms with Crippen molar-refractivity contribution in [2.24, 2.45) is 0 Å². The van der Waals surface area contributed by atoms with Crippen molar-refractivity contribution in [2.45, 2.75) is 157 Å². The molecule has 414 valence electrons. The Morgan fingerprint density at radius 1 is 0.207 bits per heavy atom. The molecule has 0 spiro atoms. The molecule has 3 nitrogen and oxygen atoms in total. The predicted molar refractivity (Wildman–Crippen MR) is 359 cm³/mol. The van der Waals surface area contributed by atoms with Gasteiger partial charge in [-0.2, -0.15) is 0 Å². The van der Waals surface area contributed by atoms with Crippen LogP contribution in [-0.4, -0.2) is 20.4 Å². The van der Waals surface area contributed by atoms with E-state index in [4.69, 9.17) is 0 Å². The molecule has 3 heterocycles. The van der Waals surface area contributed by atoms with Gasteiger partial charge < -0.3 is 13.7 Å². The molecule has 0 fully saturated rings. The Labute approximate surface area is 489 Å². The lowest BCUT2D eigenvalue weighted by Crippen LogP contribution is -2.52. The Morgan fingerprint density at radius 3 is 0.512 bits per heavy atom. The normalized spacial score (nSPS) is 13.2. The van der Waals surface area contributed by atoms with Gasteiger partial charge in [0, 0.05) is 49.4 Å². The molecule has 4 heteroatoms. The van der Waals surface area contributed by atoms with Gasteiger partial charge in [-0.05, 0) is 175 Å². The van der Waals surface area contributed by atoms with Crippen LogP contribution in [0, 0.1) is 0 Å². The van der Waals surface area contributed by atoms with E-state index in [0.29, 0.717) is 0 Å². The number of hydrogen-bond donors (Lipinski definition) is 0. The molecule has 82 heavy (non-hydrogen) atoms. The Morgan fingerprint density at radius 2 is 0.366 bits per heavy atom. The van der Waals surface area contributed by atoms with Gasteiger partial charge in [0.15, 0.2) is 0 Å². The van der Waals surface area contributed by atoms with E-state index in [9.17, 15) is 0 Å². The van der Waals surface area contributed by atoms with Crippen molar-refractivity contribution in [2.75, 3.05) is 0 Å². The summed E-state index contributed by atoms with van der Waals surface area (Å²) in [7, 11) is 0. The summed E-state index contributed by atoms with van der Waals surface area (Å²) in [6, 6.07) is 71.1. The van der Waals surface area contributed by atoms with Gasteiger partial charge in [-0.3, -0.25) is 0 Å². The first-order valence-electron chi connectivity index (χ1n) is 30.0. The largest absolute Gasteiger partial charge is 0.309 e.